The summed E-state index contributed by atoms with van der Waals surface area (Å²) in [5.41, 5.74) is -1.72. The largest absolute Gasteiger partial charge is 0.366 e. The van der Waals surface area contributed by atoms with Crippen LogP contribution in [0.1, 0.15) is 6.42 Å². The number of allylic oxidation sites excluding steroid dienone is 2. The van der Waals surface area contributed by atoms with Crippen LogP contribution in [0.25, 0.3) is 0 Å². The minimum absolute atomic E-state index is 0.276. The van der Waals surface area contributed by atoms with E-state index in [1.807, 2.05) is 18.2 Å². The highest BCUT2D eigenvalue weighted by Crippen LogP contribution is 2.30. The molecule has 0 aromatic rings. The lowest BCUT2D eigenvalue weighted by atomic mass is 9.85. The Morgan fingerprint density at radius 3 is 2.31 bits per heavy atom. The minimum atomic E-state index is -1.72. The van der Waals surface area contributed by atoms with Gasteiger partial charge in [0.25, 0.3) is 0 Å². The van der Waals surface area contributed by atoms with Crippen molar-refractivity contribution >= 4 is 0 Å². The molecule has 1 N–H and O–H groups in total. The smallest absolute Gasteiger partial charge is 0.203 e. The van der Waals surface area contributed by atoms with Crippen molar-refractivity contribution in [3.05, 3.63) is 12.2 Å². The van der Waals surface area contributed by atoms with E-state index < -0.39 is 11.5 Å². The van der Waals surface area contributed by atoms with Crippen molar-refractivity contribution in [3.63, 3.8) is 0 Å². The number of terminal acetylenes is 2. The first-order valence-corrected chi connectivity index (χ1v) is 3.92. The maximum atomic E-state index is 9.64. The van der Waals surface area contributed by atoms with E-state index >= 15 is 0 Å². The molecule has 0 saturated heterocycles. The first kappa shape index (κ1) is 9.40. The molecule has 13 heavy (non-hydrogen) atoms. The fraction of sp³-hybridized carbons (Fsp3) is 0.364. The van der Waals surface area contributed by atoms with Crippen LogP contribution in [0.4, 0.5) is 0 Å². The molecule has 0 aromatic heterocycles. The third kappa shape index (κ3) is 1.91. The van der Waals surface area contributed by atoms with Crippen LogP contribution in [0, 0.1) is 47.9 Å². The summed E-state index contributed by atoms with van der Waals surface area (Å²) < 4.78 is 0. The Labute approximate surface area is 77.9 Å². The van der Waals surface area contributed by atoms with Crippen molar-refractivity contribution in [1.29, 1.82) is 5.26 Å². The summed E-state index contributed by atoms with van der Waals surface area (Å²) in [6, 6.07) is 1.94. The third-order valence-corrected chi connectivity index (χ3v) is 2.07. The Morgan fingerprint density at radius 2 is 2.00 bits per heavy atom. The van der Waals surface area contributed by atoms with Gasteiger partial charge in [-0.3, -0.25) is 0 Å². The van der Waals surface area contributed by atoms with Crippen LogP contribution in [-0.2, 0) is 0 Å². The van der Waals surface area contributed by atoms with Gasteiger partial charge < -0.3 is 5.11 Å². The highest BCUT2D eigenvalue weighted by atomic mass is 16.3. The summed E-state index contributed by atoms with van der Waals surface area (Å²) in [7, 11) is 0. The van der Waals surface area contributed by atoms with Gasteiger partial charge in [0.2, 0.25) is 5.60 Å². The number of aliphatic hydroxyl groups is 1. The third-order valence-electron chi connectivity index (χ3n) is 2.07. The molecule has 64 valence electrons. The van der Waals surface area contributed by atoms with Crippen LogP contribution in [0.5, 0.6) is 0 Å². The standard InChI is InChI=1S/C11H9NO/c1-3-11(13,4-2)10(8-12)7-9-5-6-9/h1-2,5-6,9-10,13H,7H2. The van der Waals surface area contributed by atoms with Gasteiger partial charge in [0, 0.05) is 0 Å². The van der Waals surface area contributed by atoms with Gasteiger partial charge in [-0.25, -0.2) is 0 Å². The van der Waals surface area contributed by atoms with Gasteiger partial charge >= 0.3 is 0 Å². The molecular weight excluding hydrogens is 162 g/mol. The second kappa shape index (κ2) is 3.36. The van der Waals surface area contributed by atoms with Crippen molar-refractivity contribution in [2.24, 2.45) is 11.8 Å². The molecule has 0 spiro atoms. The molecule has 1 rings (SSSR count). The minimum Gasteiger partial charge on any atom is -0.366 e. The molecule has 1 aliphatic rings. The average Bonchev–Trinajstić information content (AvgIpc) is 2.96. The summed E-state index contributed by atoms with van der Waals surface area (Å²) in [6.45, 7) is 0. The second-order valence-electron chi connectivity index (χ2n) is 3.02. The van der Waals surface area contributed by atoms with E-state index in [2.05, 4.69) is 11.8 Å². The highest BCUT2D eigenvalue weighted by molar-refractivity contribution is 5.31. The first-order chi connectivity index (χ1) is 6.16. The molecule has 2 heteroatoms. The lowest BCUT2D eigenvalue weighted by molar-refractivity contribution is 0.114. The van der Waals surface area contributed by atoms with E-state index in [1.54, 1.807) is 0 Å². The van der Waals surface area contributed by atoms with Crippen LogP contribution in [0.2, 0.25) is 0 Å². The van der Waals surface area contributed by atoms with E-state index in [1.165, 1.54) is 0 Å². The van der Waals surface area contributed by atoms with E-state index in [-0.39, 0.29) is 5.92 Å². The summed E-state index contributed by atoms with van der Waals surface area (Å²) >= 11 is 0. The van der Waals surface area contributed by atoms with Gasteiger partial charge in [-0.05, 0) is 12.3 Å². The Hall–Kier alpha value is -1.69. The fourth-order valence-corrected chi connectivity index (χ4v) is 1.07. The molecule has 0 radical (unpaired) electrons. The molecule has 0 heterocycles. The van der Waals surface area contributed by atoms with Gasteiger partial charge in [-0.2, -0.15) is 5.26 Å². The van der Waals surface area contributed by atoms with E-state index in [4.69, 9.17) is 18.1 Å². The Morgan fingerprint density at radius 1 is 1.46 bits per heavy atom. The quantitative estimate of drug-likeness (QED) is 0.501. The average molecular weight is 171 g/mol. The molecule has 1 unspecified atom stereocenters. The number of hydrogen-bond acceptors (Lipinski definition) is 2. The van der Waals surface area contributed by atoms with Gasteiger partial charge in [0.1, 0.15) is 0 Å². The fourth-order valence-electron chi connectivity index (χ4n) is 1.07. The maximum Gasteiger partial charge on any atom is 0.203 e. The number of nitriles is 1. The summed E-state index contributed by atoms with van der Waals surface area (Å²) in [4.78, 5) is 0. The topological polar surface area (TPSA) is 44.0 Å². The maximum absolute atomic E-state index is 9.64. The normalized spacial score (nSPS) is 16.8. The monoisotopic (exact) mass is 171 g/mol. The Balaban J connectivity index is 2.71. The van der Waals surface area contributed by atoms with Gasteiger partial charge in [0.15, 0.2) is 0 Å². The SMILES string of the molecule is C#CC(O)(C#C)C(C#N)CC1C=C1. The molecule has 0 amide bonds. The highest BCUT2D eigenvalue weighted by Gasteiger charge is 2.35. The van der Waals surface area contributed by atoms with Crippen molar-refractivity contribution in [2.75, 3.05) is 0 Å². The van der Waals surface area contributed by atoms with Crippen LogP contribution >= 0.6 is 0 Å². The summed E-state index contributed by atoms with van der Waals surface area (Å²) in [5.74, 6) is 3.75. The zero-order chi connectivity index (χ0) is 9.90. The molecular formula is C11H9NO. The lowest BCUT2D eigenvalue weighted by Gasteiger charge is -2.20. The Kier molecular flexibility index (Phi) is 2.43. The van der Waals surface area contributed by atoms with Gasteiger partial charge in [0.05, 0.1) is 12.0 Å². The lowest BCUT2D eigenvalue weighted by Crippen LogP contribution is -2.34. The van der Waals surface area contributed by atoms with Crippen LogP contribution < -0.4 is 0 Å². The van der Waals surface area contributed by atoms with Crippen molar-refractivity contribution in [3.8, 4) is 30.8 Å². The van der Waals surface area contributed by atoms with E-state index in [0.29, 0.717) is 6.42 Å². The van der Waals surface area contributed by atoms with Crippen LogP contribution in [0.3, 0.4) is 0 Å². The number of nitrogens with zero attached hydrogens (tertiary/aromatic N) is 1. The molecule has 0 aromatic carbocycles. The van der Waals surface area contributed by atoms with Gasteiger partial charge in [-0.1, -0.05) is 24.0 Å². The molecule has 1 atom stereocenters. The first-order valence-electron chi connectivity index (χ1n) is 3.92. The zero-order valence-corrected chi connectivity index (χ0v) is 7.07. The van der Waals surface area contributed by atoms with E-state index in [9.17, 15) is 5.11 Å². The predicted octanol–water partition coefficient (Wildman–Crippen LogP) is 0.700. The van der Waals surface area contributed by atoms with Crippen molar-refractivity contribution in [1.82, 2.24) is 0 Å². The second-order valence-corrected chi connectivity index (χ2v) is 3.02. The molecule has 2 nitrogen and oxygen atoms in total. The summed E-state index contributed by atoms with van der Waals surface area (Å²) in [5, 5.41) is 18.4. The summed E-state index contributed by atoms with van der Waals surface area (Å²) in [6.07, 6.45) is 14.5. The molecule has 0 bridgehead atoms. The van der Waals surface area contributed by atoms with Crippen LogP contribution in [-0.4, -0.2) is 10.7 Å². The van der Waals surface area contributed by atoms with Crippen LogP contribution in [0.15, 0.2) is 12.2 Å². The predicted molar refractivity (Wildman–Crippen MR) is 49.0 cm³/mol. The zero-order valence-electron chi connectivity index (χ0n) is 7.07. The molecule has 0 fully saturated rings. The molecule has 0 saturated carbocycles. The molecule has 0 aliphatic heterocycles. The van der Waals surface area contributed by atoms with E-state index in [0.717, 1.165) is 0 Å². The Bertz CT molecular complexity index is 328. The molecule has 1 aliphatic carbocycles. The van der Waals surface area contributed by atoms with Crippen molar-refractivity contribution < 1.29 is 5.11 Å². The van der Waals surface area contributed by atoms with Gasteiger partial charge in [-0.15, -0.1) is 12.8 Å². The number of rotatable bonds is 3. The van der Waals surface area contributed by atoms with Crippen molar-refractivity contribution in [2.45, 2.75) is 12.0 Å². The number of hydrogen-bond donors (Lipinski definition) is 1.